The maximum absolute atomic E-state index is 12.2. The first-order valence-electron chi connectivity index (χ1n) is 7.97. The number of anilines is 1. The van der Waals surface area contributed by atoms with Gasteiger partial charge in [-0.1, -0.05) is 18.2 Å². The van der Waals surface area contributed by atoms with Crippen LogP contribution in [0.5, 0.6) is 0 Å². The van der Waals surface area contributed by atoms with E-state index >= 15 is 0 Å². The highest BCUT2D eigenvalue weighted by Crippen LogP contribution is 2.17. The number of rotatable bonds is 4. The Morgan fingerprint density at radius 3 is 2.92 bits per heavy atom. The fourth-order valence-corrected chi connectivity index (χ4v) is 3.12. The first-order valence-corrected chi connectivity index (χ1v) is 8.77. The van der Waals surface area contributed by atoms with E-state index in [0.717, 1.165) is 35.6 Å². The lowest BCUT2D eigenvalue weighted by Gasteiger charge is -2.32. The van der Waals surface area contributed by atoms with Gasteiger partial charge < -0.3 is 15.0 Å². The smallest absolute Gasteiger partial charge is 0.252 e. The molecule has 0 saturated carbocycles. The molecule has 1 amide bonds. The van der Waals surface area contributed by atoms with Crippen LogP contribution < -0.4 is 10.2 Å². The molecular weight excluding hydrogens is 370 g/mol. The Labute approximate surface area is 150 Å². The van der Waals surface area contributed by atoms with E-state index in [1.54, 1.807) is 6.07 Å². The Bertz CT molecular complexity index is 706. The molecule has 1 aromatic heterocycles. The zero-order valence-electron chi connectivity index (χ0n) is 13.5. The lowest BCUT2D eigenvalue weighted by Crippen LogP contribution is -2.41. The van der Waals surface area contributed by atoms with Crippen molar-refractivity contribution in [1.29, 1.82) is 0 Å². The number of nitrogens with one attached hydrogen (secondary N) is 1. The van der Waals surface area contributed by atoms with Crippen LogP contribution in [0, 0.1) is 0 Å². The molecule has 24 heavy (non-hydrogen) atoms. The number of aromatic nitrogens is 1. The van der Waals surface area contributed by atoms with E-state index < -0.39 is 0 Å². The summed E-state index contributed by atoms with van der Waals surface area (Å²) in [6, 6.07) is 11.4. The third-order valence-electron chi connectivity index (χ3n) is 3.95. The Morgan fingerprint density at radius 1 is 1.38 bits per heavy atom. The molecule has 0 spiro atoms. The number of benzene rings is 1. The van der Waals surface area contributed by atoms with E-state index in [0.29, 0.717) is 12.1 Å². The topological polar surface area (TPSA) is 54.5 Å². The number of nitrogens with zero attached hydrogens (tertiary/aromatic N) is 2. The Hall–Kier alpha value is -1.92. The molecule has 1 saturated heterocycles. The van der Waals surface area contributed by atoms with Crippen molar-refractivity contribution in [3.05, 3.63) is 58.2 Å². The van der Waals surface area contributed by atoms with Gasteiger partial charge in [0.05, 0.1) is 18.3 Å². The largest absolute Gasteiger partial charge is 0.375 e. The Balaban J connectivity index is 1.58. The van der Waals surface area contributed by atoms with Crippen LogP contribution in [-0.2, 0) is 11.3 Å². The van der Waals surface area contributed by atoms with Crippen molar-refractivity contribution >= 4 is 27.7 Å². The molecule has 2 aromatic rings. The molecule has 1 fully saturated rings. The number of carbonyl (C=O) groups excluding carboxylic acids is 1. The van der Waals surface area contributed by atoms with E-state index in [-0.39, 0.29) is 12.0 Å². The monoisotopic (exact) mass is 389 g/mol. The van der Waals surface area contributed by atoms with Crippen molar-refractivity contribution in [1.82, 2.24) is 10.3 Å². The SMILES string of the molecule is C[C@H]1CN(c2ccc(CNC(=O)c3ccccc3Br)cn2)CCO1. The van der Waals surface area contributed by atoms with Crippen LogP contribution in [0.25, 0.3) is 0 Å². The molecule has 1 N–H and O–H groups in total. The van der Waals surface area contributed by atoms with Gasteiger partial charge in [0, 0.05) is 30.3 Å². The summed E-state index contributed by atoms with van der Waals surface area (Å²) in [5.74, 6) is 0.847. The van der Waals surface area contributed by atoms with E-state index in [1.165, 1.54) is 0 Å². The number of pyridine rings is 1. The van der Waals surface area contributed by atoms with Crippen molar-refractivity contribution in [2.45, 2.75) is 19.6 Å². The second kappa shape index (κ2) is 7.77. The molecular formula is C18H20BrN3O2. The molecule has 126 valence electrons. The summed E-state index contributed by atoms with van der Waals surface area (Å²) in [5, 5.41) is 2.92. The molecule has 1 aliphatic heterocycles. The zero-order valence-corrected chi connectivity index (χ0v) is 15.1. The second-order valence-electron chi connectivity index (χ2n) is 5.81. The molecule has 0 aliphatic carbocycles. The summed E-state index contributed by atoms with van der Waals surface area (Å²) in [6.45, 7) is 4.96. The number of morpholine rings is 1. The van der Waals surface area contributed by atoms with Gasteiger partial charge >= 0.3 is 0 Å². The number of carbonyl (C=O) groups is 1. The quantitative estimate of drug-likeness (QED) is 0.872. The molecule has 1 atom stereocenters. The van der Waals surface area contributed by atoms with Gasteiger partial charge in [0.15, 0.2) is 0 Å². The van der Waals surface area contributed by atoms with Crippen LogP contribution in [-0.4, -0.2) is 36.7 Å². The van der Waals surface area contributed by atoms with Gasteiger partial charge in [-0.25, -0.2) is 4.98 Å². The minimum atomic E-state index is -0.103. The van der Waals surface area contributed by atoms with Crippen LogP contribution in [0.3, 0.4) is 0 Å². The summed E-state index contributed by atoms with van der Waals surface area (Å²) in [6.07, 6.45) is 2.04. The standard InChI is InChI=1S/C18H20BrN3O2/c1-13-12-22(8-9-24-13)17-7-6-14(10-20-17)11-21-18(23)15-4-2-3-5-16(15)19/h2-7,10,13H,8-9,11-12H2,1H3,(H,21,23)/t13-/m0/s1. The molecule has 0 bridgehead atoms. The number of amides is 1. The van der Waals surface area contributed by atoms with E-state index in [2.05, 4.69) is 38.1 Å². The molecule has 0 unspecified atom stereocenters. The van der Waals surface area contributed by atoms with Crippen LogP contribution in [0.1, 0.15) is 22.8 Å². The maximum Gasteiger partial charge on any atom is 0.252 e. The fourth-order valence-electron chi connectivity index (χ4n) is 2.66. The van der Waals surface area contributed by atoms with Gasteiger partial charge in [0.2, 0.25) is 0 Å². The molecule has 2 heterocycles. The van der Waals surface area contributed by atoms with Gasteiger partial charge in [-0.2, -0.15) is 0 Å². The minimum Gasteiger partial charge on any atom is -0.375 e. The summed E-state index contributed by atoms with van der Waals surface area (Å²) < 4.78 is 6.34. The summed E-state index contributed by atoms with van der Waals surface area (Å²) in [5.41, 5.74) is 1.60. The van der Waals surface area contributed by atoms with Gasteiger partial charge in [-0.15, -0.1) is 0 Å². The minimum absolute atomic E-state index is 0.103. The van der Waals surface area contributed by atoms with Crippen LogP contribution in [0.2, 0.25) is 0 Å². The highest BCUT2D eigenvalue weighted by atomic mass is 79.9. The average Bonchev–Trinajstić information content (AvgIpc) is 2.60. The van der Waals surface area contributed by atoms with Crippen molar-refractivity contribution < 1.29 is 9.53 Å². The predicted molar refractivity (Wildman–Crippen MR) is 97.2 cm³/mol. The highest BCUT2D eigenvalue weighted by molar-refractivity contribution is 9.10. The van der Waals surface area contributed by atoms with E-state index in [9.17, 15) is 4.79 Å². The van der Waals surface area contributed by atoms with Crippen molar-refractivity contribution in [2.24, 2.45) is 0 Å². The van der Waals surface area contributed by atoms with Gasteiger partial charge in [-0.3, -0.25) is 4.79 Å². The Morgan fingerprint density at radius 2 is 2.21 bits per heavy atom. The molecule has 0 radical (unpaired) electrons. The molecule has 6 heteroatoms. The number of ether oxygens (including phenoxy) is 1. The molecule has 5 nitrogen and oxygen atoms in total. The first kappa shape index (κ1) is 16.9. The summed E-state index contributed by atoms with van der Waals surface area (Å²) in [4.78, 5) is 18.9. The number of halogens is 1. The maximum atomic E-state index is 12.2. The summed E-state index contributed by atoms with van der Waals surface area (Å²) in [7, 11) is 0. The molecule has 1 aliphatic rings. The fraction of sp³-hybridized carbons (Fsp3) is 0.333. The number of hydrogen-bond donors (Lipinski definition) is 1. The molecule has 1 aromatic carbocycles. The van der Waals surface area contributed by atoms with E-state index in [1.807, 2.05) is 36.5 Å². The van der Waals surface area contributed by atoms with Crippen LogP contribution in [0.4, 0.5) is 5.82 Å². The lowest BCUT2D eigenvalue weighted by molar-refractivity contribution is 0.0529. The Kier molecular flexibility index (Phi) is 5.48. The van der Waals surface area contributed by atoms with Crippen molar-refractivity contribution in [3.63, 3.8) is 0 Å². The van der Waals surface area contributed by atoms with Crippen molar-refractivity contribution in [2.75, 3.05) is 24.6 Å². The van der Waals surface area contributed by atoms with Crippen molar-refractivity contribution in [3.8, 4) is 0 Å². The lowest BCUT2D eigenvalue weighted by atomic mass is 10.2. The summed E-state index contributed by atoms with van der Waals surface area (Å²) >= 11 is 3.39. The number of hydrogen-bond acceptors (Lipinski definition) is 4. The third kappa shape index (κ3) is 4.13. The average molecular weight is 390 g/mol. The zero-order chi connectivity index (χ0) is 16.9. The second-order valence-corrected chi connectivity index (χ2v) is 6.67. The highest BCUT2D eigenvalue weighted by Gasteiger charge is 2.17. The van der Waals surface area contributed by atoms with Gasteiger partial charge in [0.1, 0.15) is 5.82 Å². The van der Waals surface area contributed by atoms with Crippen LogP contribution in [0.15, 0.2) is 47.1 Å². The third-order valence-corrected chi connectivity index (χ3v) is 4.64. The van der Waals surface area contributed by atoms with Gasteiger partial charge in [-0.05, 0) is 46.6 Å². The van der Waals surface area contributed by atoms with Crippen LogP contribution >= 0.6 is 15.9 Å². The normalized spacial score (nSPS) is 17.6. The molecule has 3 rings (SSSR count). The first-order chi connectivity index (χ1) is 11.6. The van der Waals surface area contributed by atoms with Gasteiger partial charge in [0.25, 0.3) is 5.91 Å². The van der Waals surface area contributed by atoms with E-state index in [4.69, 9.17) is 4.74 Å². The predicted octanol–water partition coefficient (Wildman–Crippen LogP) is 3.00.